The van der Waals surface area contributed by atoms with Gasteiger partial charge in [0.1, 0.15) is 0 Å². The summed E-state index contributed by atoms with van der Waals surface area (Å²) in [4.78, 5) is 14.0. The number of hydrazine groups is 1. The van der Waals surface area contributed by atoms with Gasteiger partial charge >= 0.3 is 0 Å². The van der Waals surface area contributed by atoms with E-state index in [-0.39, 0.29) is 18.1 Å². The maximum Gasteiger partial charge on any atom is 0.251 e. The van der Waals surface area contributed by atoms with Crippen molar-refractivity contribution in [3.63, 3.8) is 0 Å². The Hall–Kier alpha value is -0.650. The lowest BCUT2D eigenvalue weighted by atomic mass is 10.0. The summed E-state index contributed by atoms with van der Waals surface area (Å²) in [5, 5.41) is 0. The van der Waals surface area contributed by atoms with Crippen molar-refractivity contribution in [3.8, 4) is 0 Å². The predicted molar refractivity (Wildman–Crippen MR) is 67.2 cm³/mol. The highest BCUT2D eigenvalue weighted by Crippen LogP contribution is 2.18. The fourth-order valence-corrected chi connectivity index (χ4v) is 2.47. The van der Waals surface area contributed by atoms with Crippen LogP contribution in [0.3, 0.4) is 0 Å². The maximum absolute atomic E-state index is 11.7. The van der Waals surface area contributed by atoms with E-state index in [1.54, 1.807) is 0 Å². The van der Waals surface area contributed by atoms with E-state index in [0.29, 0.717) is 0 Å². The van der Waals surface area contributed by atoms with Gasteiger partial charge in [-0.15, -0.1) is 0 Å². The number of likely N-dealkylation sites (tertiary alicyclic amines) is 1. The van der Waals surface area contributed by atoms with Crippen LogP contribution in [0.4, 0.5) is 0 Å². The SMILES string of the molecule is CCCC(C(=O)NN)N1CCCC(OCC)C1. The minimum absolute atomic E-state index is 0.0796. The van der Waals surface area contributed by atoms with Gasteiger partial charge in [-0.05, 0) is 32.7 Å². The van der Waals surface area contributed by atoms with E-state index < -0.39 is 0 Å². The molecule has 100 valence electrons. The van der Waals surface area contributed by atoms with Crippen molar-refractivity contribution in [1.29, 1.82) is 0 Å². The maximum atomic E-state index is 11.7. The standard InChI is InChI=1S/C12H25N3O2/c1-3-6-11(12(16)14-13)15-8-5-7-10(9-15)17-4-2/h10-11H,3-9,13H2,1-2H3,(H,14,16). The first kappa shape index (κ1) is 14.4. The van der Waals surface area contributed by atoms with Crippen molar-refractivity contribution in [1.82, 2.24) is 10.3 Å². The summed E-state index contributed by atoms with van der Waals surface area (Å²) in [5.74, 6) is 5.17. The molecule has 3 N–H and O–H groups in total. The first-order valence-electron chi connectivity index (χ1n) is 6.59. The van der Waals surface area contributed by atoms with Gasteiger partial charge in [0.05, 0.1) is 12.1 Å². The van der Waals surface area contributed by atoms with Crippen LogP contribution >= 0.6 is 0 Å². The molecular formula is C12H25N3O2. The van der Waals surface area contributed by atoms with Gasteiger partial charge in [0.15, 0.2) is 0 Å². The summed E-state index contributed by atoms with van der Waals surface area (Å²) in [5.41, 5.74) is 2.27. The zero-order chi connectivity index (χ0) is 12.7. The van der Waals surface area contributed by atoms with Crippen LogP contribution in [0.1, 0.15) is 39.5 Å². The molecule has 1 amide bonds. The van der Waals surface area contributed by atoms with E-state index in [2.05, 4.69) is 17.2 Å². The monoisotopic (exact) mass is 243 g/mol. The molecule has 1 heterocycles. The van der Waals surface area contributed by atoms with Gasteiger partial charge in [0, 0.05) is 13.2 Å². The van der Waals surface area contributed by atoms with E-state index in [9.17, 15) is 4.79 Å². The quantitative estimate of drug-likeness (QED) is 0.408. The van der Waals surface area contributed by atoms with Crippen LogP contribution in [0.5, 0.6) is 0 Å². The van der Waals surface area contributed by atoms with Crippen molar-refractivity contribution < 1.29 is 9.53 Å². The Morgan fingerprint density at radius 1 is 1.59 bits per heavy atom. The third-order valence-corrected chi connectivity index (χ3v) is 3.26. The number of nitrogens with zero attached hydrogens (tertiary/aromatic N) is 1. The molecule has 0 aromatic rings. The number of nitrogens with one attached hydrogen (secondary N) is 1. The van der Waals surface area contributed by atoms with Gasteiger partial charge in [-0.25, -0.2) is 5.84 Å². The van der Waals surface area contributed by atoms with Gasteiger partial charge in [0.25, 0.3) is 5.91 Å². The average molecular weight is 243 g/mol. The van der Waals surface area contributed by atoms with Crippen molar-refractivity contribution in [2.75, 3.05) is 19.7 Å². The Balaban J connectivity index is 2.56. The molecule has 5 nitrogen and oxygen atoms in total. The molecule has 5 heteroatoms. The van der Waals surface area contributed by atoms with Crippen LogP contribution in [-0.2, 0) is 9.53 Å². The molecule has 17 heavy (non-hydrogen) atoms. The summed E-state index contributed by atoms with van der Waals surface area (Å²) < 4.78 is 5.65. The minimum Gasteiger partial charge on any atom is -0.377 e. The zero-order valence-corrected chi connectivity index (χ0v) is 10.9. The summed E-state index contributed by atoms with van der Waals surface area (Å²) in [7, 11) is 0. The van der Waals surface area contributed by atoms with Crippen molar-refractivity contribution in [3.05, 3.63) is 0 Å². The van der Waals surface area contributed by atoms with Crippen molar-refractivity contribution >= 4 is 5.91 Å². The fourth-order valence-electron chi connectivity index (χ4n) is 2.47. The first-order chi connectivity index (χ1) is 8.22. The molecule has 1 saturated heterocycles. The predicted octanol–water partition coefficient (Wildman–Crippen LogP) is 0.646. The van der Waals surface area contributed by atoms with E-state index in [0.717, 1.165) is 45.4 Å². The average Bonchev–Trinajstić information content (AvgIpc) is 2.36. The molecule has 1 aliphatic heterocycles. The smallest absolute Gasteiger partial charge is 0.251 e. The van der Waals surface area contributed by atoms with E-state index in [4.69, 9.17) is 10.6 Å². The molecule has 2 unspecified atom stereocenters. The molecule has 1 aliphatic rings. The lowest BCUT2D eigenvalue weighted by Gasteiger charge is -2.37. The number of ether oxygens (including phenoxy) is 1. The number of hydrogen-bond donors (Lipinski definition) is 2. The molecule has 2 atom stereocenters. The Labute approximate surface area is 104 Å². The minimum atomic E-state index is -0.103. The summed E-state index contributed by atoms with van der Waals surface area (Å²) in [6.45, 7) is 6.63. The molecule has 0 saturated carbocycles. The van der Waals surface area contributed by atoms with Crippen molar-refractivity contribution in [2.24, 2.45) is 5.84 Å². The molecule has 0 spiro atoms. The van der Waals surface area contributed by atoms with E-state index in [1.165, 1.54) is 0 Å². The largest absolute Gasteiger partial charge is 0.377 e. The normalized spacial score (nSPS) is 23.4. The summed E-state index contributed by atoms with van der Waals surface area (Å²) >= 11 is 0. The number of nitrogens with two attached hydrogens (primary N) is 1. The highest BCUT2D eigenvalue weighted by Gasteiger charge is 2.29. The van der Waals surface area contributed by atoms with Gasteiger partial charge in [-0.2, -0.15) is 0 Å². The fraction of sp³-hybridized carbons (Fsp3) is 0.917. The molecule has 0 aromatic carbocycles. The molecular weight excluding hydrogens is 218 g/mol. The summed E-state index contributed by atoms with van der Waals surface area (Å²) in [6.07, 6.45) is 4.27. The van der Waals surface area contributed by atoms with Crippen molar-refractivity contribution in [2.45, 2.75) is 51.7 Å². The topological polar surface area (TPSA) is 67.6 Å². The van der Waals surface area contributed by atoms with Gasteiger partial charge in [-0.3, -0.25) is 15.1 Å². The van der Waals surface area contributed by atoms with E-state index >= 15 is 0 Å². The Kier molecular flexibility index (Phi) is 6.47. The molecule has 1 fully saturated rings. The van der Waals surface area contributed by atoms with Crippen LogP contribution in [0.2, 0.25) is 0 Å². The number of rotatable bonds is 6. The highest BCUT2D eigenvalue weighted by molar-refractivity contribution is 5.81. The second-order valence-electron chi connectivity index (χ2n) is 4.53. The first-order valence-corrected chi connectivity index (χ1v) is 6.59. The van der Waals surface area contributed by atoms with Crippen LogP contribution in [0.25, 0.3) is 0 Å². The van der Waals surface area contributed by atoms with Crippen LogP contribution in [0.15, 0.2) is 0 Å². The van der Waals surface area contributed by atoms with Gasteiger partial charge in [0.2, 0.25) is 0 Å². The van der Waals surface area contributed by atoms with Gasteiger partial charge in [-0.1, -0.05) is 13.3 Å². The third kappa shape index (κ3) is 4.26. The number of carbonyl (C=O) groups excluding carboxylic acids is 1. The Morgan fingerprint density at radius 3 is 2.94 bits per heavy atom. The lowest BCUT2D eigenvalue weighted by molar-refractivity contribution is -0.128. The van der Waals surface area contributed by atoms with Gasteiger partial charge < -0.3 is 4.74 Å². The Morgan fingerprint density at radius 2 is 2.35 bits per heavy atom. The molecule has 0 bridgehead atoms. The van der Waals surface area contributed by atoms with Crippen LogP contribution in [-0.4, -0.2) is 42.6 Å². The number of carbonyl (C=O) groups is 1. The number of hydrogen-bond acceptors (Lipinski definition) is 4. The number of piperidine rings is 1. The third-order valence-electron chi connectivity index (χ3n) is 3.26. The Bertz CT molecular complexity index is 234. The van der Waals surface area contributed by atoms with Crippen LogP contribution in [0, 0.1) is 0 Å². The summed E-state index contributed by atoms with van der Waals surface area (Å²) in [6, 6.07) is -0.103. The zero-order valence-electron chi connectivity index (χ0n) is 10.9. The molecule has 0 aliphatic carbocycles. The highest BCUT2D eigenvalue weighted by atomic mass is 16.5. The second-order valence-corrected chi connectivity index (χ2v) is 4.53. The van der Waals surface area contributed by atoms with Crippen LogP contribution < -0.4 is 11.3 Å². The number of amides is 1. The lowest BCUT2D eigenvalue weighted by Crippen LogP contribution is -2.53. The molecule has 0 radical (unpaired) electrons. The van der Waals surface area contributed by atoms with E-state index in [1.807, 2.05) is 6.92 Å². The molecule has 1 rings (SSSR count). The second kappa shape index (κ2) is 7.63. The molecule has 0 aromatic heterocycles.